The second-order valence-corrected chi connectivity index (χ2v) is 12.0. The molecule has 1 fully saturated rings. The third-order valence-electron chi connectivity index (χ3n) is 7.27. The van der Waals surface area contributed by atoms with Gasteiger partial charge in [0.25, 0.3) is 0 Å². The van der Waals surface area contributed by atoms with Crippen LogP contribution in [0.2, 0.25) is 5.02 Å². The molecule has 0 spiro atoms. The smallest absolute Gasteiger partial charge is 0.356 e. The number of hydrogen-bond acceptors (Lipinski definition) is 6. The molecule has 0 aliphatic heterocycles. The van der Waals surface area contributed by atoms with Crippen LogP contribution in [0, 0.1) is 11.8 Å². The van der Waals surface area contributed by atoms with Gasteiger partial charge in [0, 0.05) is 31.6 Å². The Kier molecular flexibility index (Phi) is 9.23. The lowest BCUT2D eigenvalue weighted by Crippen LogP contribution is -2.32. The predicted octanol–water partition coefficient (Wildman–Crippen LogP) is 6.35. The first-order chi connectivity index (χ1) is 18.5. The lowest BCUT2D eigenvalue weighted by molar-refractivity contribution is -0.137. The van der Waals surface area contributed by atoms with Gasteiger partial charge in [-0.25, -0.2) is 18.1 Å². The molecule has 1 aliphatic rings. The Balaban J connectivity index is 1.33. The van der Waals surface area contributed by atoms with Crippen molar-refractivity contribution in [3.63, 3.8) is 0 Å². The van der Waals surface area contributed by atoms with Crippen LogP contribution >= 0.6 is 11.6 Å². The van der Waals surface area contributed by atoms with Gasteiger partial charge in [0.15, 0.2) is 0 Å². The van der Waals surface area contributed by atoms with Gasteiger partial charge in [0.2, 0.25) is 16.0 Å². The van der Waals surface area contributed by atoms with Crippen molar-refractivity contribution in [2.24, 2.45) is 11.8 Å². The molecule has 0 unspecified atom stereocenters. The number of aromatic nitrogens is 2. The summed E-state index contributed by atoms with van der Waals surface area (Å²) in [6.07, 6.45) is -1.28. The van der Waals surface area contributed by atoms with Crippen LogP contribution in [0.25, 0.3) is 10.9 Å². The number of anilines is 2. The number of benzene rings is 2. The fourth-order valence-corrected chi connectivity index (χ4v) is 6.61. The van der Waals surface area contributed by atoms with E-state index >= 15 is 0 Å². The summed E-state index contributed by atoms with van der Waals surface area (Å²) >= 11 is 5.93. The summed E-state index contributed by atoms with van der Waals surface area (Å²) in [5.41, 5.74) is -0.173. The molecule has 4 rings (SSSR count). The number of rotatable bonds is 10. The predicted molar refractivity (Wildman–Crippen MR) is 149 cm³/mol. The molecular weight excluding hydrogens is 551 g/mol. The van der Waals surface area contributed by atoms with Crippen LogP contribution in [0.3, 0.4) is 0 Å². The van der Waals surface area contributed by atoms with E-state index in [9.17, 15) is 21.6 Å². The first kappa shape index (κ1) is 29.4. The number of halogens is 4. The van der Waals surface area contributed by atoms with Gasteiger partial charge in [0.1, 0.15) is 10.7 Å². The van der Waals surface area contributed by atoms with Crippen LogP contribution in [0.4, 0.5) is 24.9 Å². The minimum absolute atomic E-state index is 0.0896. The van der Waals surface area contributed by atoms with Gasteiger partial charge < -0.3 is 10.2 Å². The molecule has 212 valence electrons. The van der Waals surface area contributed by atoms with E-state index in [1.807, 2.05) is 24.3 Å². The first-order valence-corrected chi connectivity index (χ1v) is 15.0. The Labute approximate surface area is 232 Å². The summed E-state index contributed by atoms with van der Waals surface area (Å²) in [6.45, 7) is 6.72. The zero-order valence-corrected chi connectivity index (χ0v) is 23.5. The highest BCUT2D eigenvalue weighted by atomic mass is 35.5. The summed E-state index contributed by atoms with van der Waals surface area (Å²) in [6, 6.07) is 10.3. The molecule has 1 saturated carbocycles. The molecule has 0 saturated heterocycles. The molecule has 12 heteroatoms. The minimum Gasteiger partial charge on any atom is -0.356 e. The third-order valence-corrected chi connectivity index (χ3v) is 9.18. The van der Waals surface area contributed by atoms with Crippen LogP contribution in [0.1, 0.15) is 45.1 Å². The summed E-state index contributed by atoms with van der Waals surface area (Å²) in [7, 11) is -4.18. The van der Waals surface area contributed by atoms with Crippen LogP contribution < -0.4 is 14.9 Å². The van der Waals surface area contributed by atoms with E-state index in [1.165, 1.54) is 0 Å². The number of alkyl halides is 3. The van der Waals surface area contributed by atoms with E-state index in [0.717, 1.165) is 67.6 Å². The maximum absolute atomic E-state index is 13.1. The number of hydrogen-bond donors (Lipinski definition) is 2. The number of fused-ring (bicyclic) bond motifs is 1. The van der Waals surface area contributed by atoms with Gasteiger partial charge in [-0.1, -0.05) is 23.7 Å². The van der Waals surface area contributed by atoms with Crippen molar-refractivity contribution >= 4 is 44.3 Å². The third kappa shape index (κ3) is 7.12. The zero-order chi connectivity index (χ0) is 28.2. The van der Waals surface area contributed by atoms with Crippen LogP contribution in [0.15, 0.2) is 47.4 Å². The van der Waals surface area contributed by atoms with Crippen molar-refractivity contribution in [3.05, 3.63) is 53.1 Å². The van der Waals surface area contributed by atoms with Crippen molar-refractivity contribution in [3.8, 4) is 0 Å². The SMILES string of the molecule is CCN(CC)c1nc(NCC2CCC(CNS(=O)(=O)c3cc(C(F)(F)F)ccc3Cl)CC2)nc2ccccc12. The summed E-state index contributed by atoms with van der Waals surface area (Å²) in [5, 5.41) is 4.17. The highest BCUT2D eigenvalue weighted by Gasteiger charge is 2.33. The van der Waals surface area contributed by atoms with E-state index in [4.69, 9.17) is 21.6 Å². The van der Waals surface area contributed by atoms with Crippen LogP contribution in [-0.2, 0) is 16.2 Å². The fourth-order valence-electron chi connectivity index (χ4n) is 4.97. The van der Waals surface area contributed by atoms with E-state index in [0.29, 0.717) is 24.5 Å². The van der Waals surface area contributed by atoms with Crippen molar-refractivity contribution in [1.29, 1.82) is 0 Å². The second kappa shape index (κ2) is 12.3. The Hall–Kier alpha value is -2.63. The average Bonchev–Trinajstić information content (AvgIpc) is 2.91. The average molecular weight is 584 g/mol. The minimum atomic E-state index is -4.66. The topological polar surface area (TPSA) is 87.2 Å². The second-order valence-electron chi connectivity index (χ2n) is 9.82. The van der Waals surface area contributed by atoms with Crippen LogP contribution in [0.5, 0.6) is 0 Å². The highest BCUT2D eigenvalue weighted by molar-refractivity contribution is 7.89. The molecule has 7 nitrogen and oxygen atoms in total. The molecule has 1 heterocycles. The molecule has 1 aliphatic carbocycles. The van der Waals surface area contributed by atoms with Crippen LogP contribution in [-0.4, -0.2) is 44.6 Å². The van der Waals surface area contributed by atoms with Crippen molar-refractivity contribution < 1.29 is 21.6 Å². The number of nitrogens with one attached hydrogen (secondary N) is 2. The van der Waals surface area contributed by atoms with E-state index < -0.39 is 26.7 Å². The Morgan fingerprint density at radius 2 is 1.62 bits per heavy atom. The summed E-state index contributed by atoms with van der Waals surface area (Å²) < 4.78 is 67.1. The molecule has 2 N–H and O–H groups in total. The lowest BCUT2D eigenvalue weighted by atomic mass is 9.82. The number of sulfonamides is 1. The molecule has 3 aromatic rings. The van der Waals surface area contributed by atoms with Crippen molar-refractivity contribution in [2.45, 2.75) is 50.6 Å². The molecule has 0 radical (unpaired) electrons. The molecule has 0 atom stereocenters. The first-order valence-electron chi connectivity index (χ1n) is 13.1. The van der Waals surface area contributed by atoms with E-state index in [-0.39, 0.29) is 17.5 Å². The highest BCUT2D eigenvalue weighted by Crippen LogP contribution is 2.34. The van der Waals surface area contributed by atoms with Gasteiger partial charge in [-0.15, -0.1) is 0 Å². The number of para-hydroxylation sites is 1. The molecule has 2 aromatic carbocycles. The quantitative estimate of drug-likeness (QED) is 0.289. The summed E-state index contributed by atoms with van der Waals surface area (Å²) in [4.78, 5) is 11.1. The van der Waals surface area contributed by atoms with Gasteiger partial charge in [0.05, 0.1) is 16.1 Å². The normalized spacial score (nSPS) is 18.3. The Morgan fingerprint density at radius 1 is 0.974 bits per heavy atom. The maximum Gasteiger partial charge on any atom is 0.416 e. The Bertz CT molecular complexity index is 1390. The molecule has 0 amide bonds. The fraction of sp³-hybridized carbons (Fsp3) is 0.481. The Morgan fingerprint density at radius 3 is 2.26 bits per heavy atom. The summed E-state index contributed by atoms with van der Waals surface area (Å²) in [5.74, 6) is 1.96. The van der Waals surface area contributed by atoms with E-state index in [2.05, 4.69) is 28.8 Å². The molecule has 0 bridgehead atoms. The standard InChI is InChI=1S/C27H33ClF3N5O2S/c1-3-36(4-2)25-21-7-5-6-8-23(21)34-26(35-25)32-16-18-9-11-19(12-10-18)17-33-39(37,38)24-15-20(27(29,30)31)13-14-22(24)28/h5-8,13-15,18-19,33H,3-4,9-12,16-17H2,1-2H3,(H,32,34,35). The number of nitrogens with zero attached hydrogens (tertiary/aromatic N) is 3. The van der Waals surface area contributed by atoms with Gasteiger partial charge in [-0.05, 0) is 81.7 Å². The lowest BCUT2D eigenvalue weighted by Gasteiger charge is -2.29. The zero-order valence-electron chi connectivity index (χ0n) is 21.9. The molecule has 1 aromatic heterocycles. The van der Waals surface area contributed by atoms with E-state index in [1.54, 1.807) is 0 Å². The molecule has 39 heavy (non-hydrogen) atoms. The maximum atomic E-state index is 13.1. The monoisotopic (exact) mass is 583 g/mol. The van der Waals surface area contributed by atoms with Gasteiger partial charge in [-0.3, -0.25) is 0 Å². The van der Waals surface area contributed by atoms with Gasteiger partial charge >= 0.3 is 6.18 Å². The van der Waals surface area contributed by atoms with Crippen molar-refractivity contribution in [1.82, 2.24) is 14.7 Å². The molecular formula is C27H33ClF3N5O2S. The largest absolute Gasteiger partial charge is 0.416 e. The van der Waals surface area contributed by atoms with Gasteiger partial charge in [-0.2, -0.15) is 18.2 Å². The van der Waals surface area contributed by atoms with Crippen molar-refractivity contribution in [2.75, 3.05) is 36.4 Å².